The number of likely N-dealkylation sites (tertiary alicyclic amines) is 1. The fourth-order valence-corrected chi connectivity index (χ4v) is 5.38. The molecule has 0 unspecified atom stereocenters. The molecule has 5 rings (SSSR count). The van der Waals surface area contributed by atoms with E-state index in [0.29, 0.717) is 54.4 Å². The SMILES string of the molecule is Cc1ccc(CNC2CCN(CCn3c(=O)c(Cc4ccccc4)nc4ccc(C(=O)O)cc43)CC2)cc1[N+](=O)[O-]. The monoisotopic (exact) mass is 555 g/mol. The number of carbonyl (C=O) groups is 1. The summed E-state index contributed by atoms with van der Waals surface area (Å²) in [5.74, 6) is -1.05. The average molecular weight is 556 g/mol. The molecule has 0 spiro atoms. The zero-order valence-corrected chi connectivity index (χ0v) is 23.0. The van der Waals surface area contributed by atoms with Gasteiger partial charge in [0.25, 0.3) is 11.2 Å². The summed E-state index contributed by atoms with van der Waals surface area (Å²) >= 11 is 0. The summed E-state index contributed by atoms with van der Waals surface area (Å²) in [6.07, 6.45) is 2.24. The van der Waals surface area contributed by atoms with Crippen LogP contribution in [-0.2, 0) is 19.5 Å². The summed E-state index contributed by atoms with van der Waals surface area (Å²) in [5, 5.41) is 24.3. The van der Waals surface area contributed by atoms with E-state index in [4.69, 9.17) is 0 Å². The Balaban J connectivity index is 1.26. The first-order valence-corrected chi connectivity index (χ1v) is 13.8. The summed E-state index contributed by atoms with van der Waals surface area (Å²) in [5.41, 5.74) is 4.14. The number of piperidine rings is 1. The molecule has 3 aromatic carbocycles. The molecule has 0 amide bonds. The second-order valence-corrected chi connectivity index (χ2v) is 10.6. The Hall–Kier alpha value is -4.41. The number of benzene rings is 3. The van der Waals surface area contributed by atoms with Crippen LogP contribution in [0, 0.1) is 17.0 Å². The lowest BCUT2D eigenvalue weighted by atomic mass is 10.0. The van der Waals surface area contributed by atoms with Crippen LogP contribution in [0.1, 0.15) is 45.6 Å². The molecule has 1 saturated heterocycles. The molecule has 4 aromatic rings. The molecule has 212 valence electrons. The Bertz CT molecular complexity index is 1630. The first-order valence-electron chi connectivity index (χ1n) is 13.8. The van der Waals surface area contributed by atoms with Crippen LogP contribution in [0.25, 0.3) is 11.0 Å². The molecular weight excluding hydrogens is 522 g/mol. The van der Waals surface area contributed by atoms with Crippen molar-refractivity contribution in [3.8, 4) is 0 Å². The third kappa shape index (κ3) is 6.67. The second kappa shape index (κ2) is 12.4. The van der Waals surface area contributed by atoms with E-state index in [1.54, 1.807) is 29.7 Å². The third-order valence-corrected chi connectivity index (χ3v) is 7.77. The van der Waals surface area contributed by atoms with E-state index >= 15 is 0 Å². The van der Waals surface area contributed by atoms with Gasteiger partial charge in [-0.25, -0.2) is 9.78 Å². The van der Waals surface area contributed by atoms with Crippen molar-refractivity contribution in [1.29, 1.82) is 0 Å². The summed E-state index contributed by atoms with van der Waals surface area (Å²) in [7, 11) is 0. The molecule has 1 aliphatic heterocycles. The van der Waals surface area contributed by atoms with Crippen molar-refractivity contribution >= 4 is 22.7 Å². The van der Waals surface area contributed by atoms with Crippen LogP contribution in [0.5, 0.6) is 0 Å². The van der Waals surface area contributed by atoms with Gasteiger partial charge in [-0.1, -0.05) is 42.5 Å². The fourth-order valence-electron chi connectivity index (χ4n) is 5.38. The number of nitrogens with one attached hydrogen (secondary N) is 1. The molecule has 0 atom stereocenters. The Morgan fingerprint density at radius 3 is 2.51 bits per heavy atom. The lowest BCUT2D eigenvalue weighted by molar-refractivity contribution is -0.385. The molecule has 2 N–H and O–H groups in total. The lowest BCUT2D eigenvalue weighted by Crippen LogP contribution is -2.43. The Labute approximate surface area is 237 Å². The van der Waals surface area contributed by atoms with Gasteiger partial charge in [0.1, 0.15) is 5.69 Å². The van der Waals surface area contributed by atoms with E-state index in [0.717, 1.165) is 37.1 Å². The number of rotatable bonds is 10. The molecule has 0 radical (unpaired) electrons. The average Bonchev–Trinajstić information content (AvgIpc) is 2.97. The van der Waals surface area contributed by atoms with Crippen LogP contribution in [-0.4, -0.2) is 56.1 Å². The molecule has 1 fully saturated rings. The molecule has 0 saturated carbocycles. The number of fused-ring (bicyclic) bond motifs is 1. The zero-order chi connectivity index (χ0) is 28.9. The van der Waals surface area contributed by atoms with Crippen LogP contribution in [0.2, 0.25) is 0 Å². The highest BCUT2D eigenvalue weighted by Gasteiger charge is 2.21. The lowest BCUT2D eigenvalue weighted by Gasteiger charge is -2.32. The number of carboxylic acids is 1. The maximum atomic E-state index is 13.6. The van der Waals surface area contributed by atoms with E-state index in [9.17, 15) is 24.8 Å². The predicted molar refractivity (Wildman–Crippen MR) is 156 cm³/mol. The van der Waals surface area contributed by atoms with Crippen LogP contribution in [0.4, 0.5) is 5.69 Å². The second-order valence-electron chi connectivity index (χ2n) is 10.6. The third-order valence-electron chi connectivity index (χ3n) is 7.77. The highest BCUT2D eigenvalue weighted by Crippen LogP contribution is 2.20. The van der Waals surface area contributed by atoms with E-state index in [-0.39, 0.29) is 21.7 Å². The van der Waals surface area contributed by atoms with Crippen LogP contribution in [0.3, 0.4) is 0 Å². The van der Waals surface area contributed by atoms with Gasteiger partial charge in [0.05, 0.1) is 21.5 Å². The van der Waals surface area contributed by atoms with Crippen molar-refractivity contribution in [2.45, 2.75) is 45.3 Å². The zero-order valence-electron chi connectivity index (χ0n) is 23.0. The van der Waals surface area contributed by atoms with Gasteiger partial charge in [-0.05, 0) is 62.2 Å². The number of nitrogens with zero attached hydrogens (tertiary/aromatic N) is 4. The number of hydrogen-bond acceptors (Lipinski definition) is 7. The van der Waals surface area contributed by atoms with Crippen molar-refractivity contribution in [1.82, 2.24) is 19.8 Å². The van der Waals surface area contributed by atoms with E-state index < -0.39 is 5.97 Å². The summed E-state index contributed by atoms with van der Waals surface area (Å²) in [6, 6.07) is 20.1. The van der Waals surface area contributed by atoms with Crippen molar-refractivity contribution < 1.29 is 14.8 Å². The minimum atomic E-state index is -1.05. The number of carboxylic acid groups (broad SMARTS) is 1. The van der Waals surface area contributed by atoms with Gasteiger partial charge in [-0.15, -0.1) is 0 Å². The first-order chi connectivity index (χ1) is 19.8. The molecule has 41 heavy (non-hydrogen) atoms. The van der Waals surface area contributed by atoms with Crippen molar-refractivity contribution in [2.24, 2.45) is 0 Å². The molecule has 1 aromatic heterocycles. The molecule has 10 nitrogen and oxygen atoms in total. The Morgan fingerprint density at radius 1 is 1.05 bits per heavy atom. The molecule has 2 heterocycles. The summed E-state index contributed by atoms with van der Waals surface area (Å²) in [6.45, 7) is 5.08. The van der Waals surface area contributed by atoms with Gasteiger partial charge in [0.15, 0.2) is 0 Å². The van der Waals surface area contributed by atoms with Gasteiger partial charge in [-0.2, -0.15) is 0 Å². The highest BCUT2D eigenvalue weighted by molar-refractivity contribution is 5.92. The Kier molecular flexibility index (Phi) is 8.51. The highest BCUT2D eigenvalue weighted by atomic mass is 16.6. The quantitative estimate of drug-likeness (QED) is 0.220. The number of nitro groups is 1. The minimum absolute atomic E-state index is 0.119. The number of aryl methyl sites for hydroxylation is 1. The van der Waals surface area contributed by atoms with E-state index in [2.05, 4.69) is 15.2 Å². The van der Waals surface area contributed by atoms with Gasteiger partial charge >= 0.3 is 5.97 Å². The first kappa shape index (κ1) is 28.1. The largest absolute Gasteiger partial charge is 0.478 e. The number of nitro benzene ring substituents is 1. The summed E-state index contributed by atoms with van der Waals surface area (Å²) in [4.78, 5) is 43.1. The van der Waals surface area contributed by atoms with Gasteiger partial charge in [0.2, 0.25) is 0 Å². The maximum absolute atomic E-state index is 13.6. The maximum Gasteiger partial charge on any atom is 0.335 e. The molecular formula is C31H33N5O5. The van der Waals surface area contributed by atoms with E-state index in [1.807, 2.05) is 36.4 Å². The molecule has 0 aliphatic carbocycles. The van der Waals surface area contributed by atoms with Crippen LogP contribution in [0.15, 0.2) is 71.5 Å². The number of aromatic carboxylic acids is 1. The van der Waals surface area contributed by atoms with Crippen molar-refractivity contribution in [3.63, 3.8) is 0 Å². The van der Waals surface area contributed by atoms with E-state index in [1.165, 1.54) is 12.1 Å². The number of aromatic nitrogens is 2. The number of hydrogen-bond donors (Lipinski definition) is 2. The summed E-state index contributed by atoms with van der Waals surface area (Å²) < 4.78 is 1.67. The molecule has 0 bridgehead atoms. The van der Waals surface area contributed by atoms with Gasteiger partial charge < -0.3 is 19.9 Å². The topological polar surface area (TPSA) is 131 Å². The van der Waals surface area contributed by atoms with Crippen LogP contribution >= 0.6 is 0 Å². The molecule has 1 aliphatic rings. The Morgan fingerprint density at radius 2 is 1.80 bits per heavy atom. The van der Waals surface area contributed by atoms with Crippen LogP contribution < -0.4 is 10.9 Å². The predicted octanol–water partition coefficient (Wildman–Crippen LogP) is 4.16. The van der Waals surface area contributed by atoms with Crippen molar-refractivity contribution in [3.05, 3.63) is 115 Å². The minimum Gasteiger partial charge on any atom is -0.478 e. The van der Waals surface area contributed by atoms with Gasteiger partial charge in [-0.3, -0.25) is 14.9 Å². The normalized spacial score (nSPS) is 14.4. The standard InChI is InChI=1S/C31H33N5O5/c1-21-7-8-23(18-28(21)36(40)41)20-32-25-11-13-34(14-12-25)15-16-35-29-19-24(31(38)39)9-10-26(29)33-27(30(35)37)17-22-5-3-2-4-6-22/h2-10,18-19,25,32H,11-17,20H2,1H3,(H,38,39). The van der Waals surface area contributed by atoms with Crippen molar-refractivity contribution in [2.75, 3.05) is 19.6 Å². The van der Waals surface area contributed by atoms with Gasteiger partial charge in [0, 0.05) is 43.7 Å². The molecule has 10 heteroatoms. The fraction of sp³-hybridized carbons (Fsp3) is 0.323. The smallest absolute Gasteiger partial charge is 0.335 e.